The maximum absolute atomic E-state index is 11.8. The third-order valence-electron chi connectivity index (χ3n) is 6.34. The topological polar surface area (TPSA) is 89.5 Å². The van der Waals surface area contributed by atoms with Crippen molar-refractivity contribution in [2.75, 3.05) is 52.9 Å². The van der Waals surface area contributed by atoms with Crippen LogP contribution in [0.1, 0.15) is 90.9 Å². The summed E-state index contributed by atoms with van der Waals surface area (Å²) in [5.74, 6) is 1.22. The van der Waals surface area contributed by atoms with Crippen LogP contribution in [-0.4, -0.2) is 64.8 Å². The Balaban J connectivity index is 1.65. The zero-order valence-electron chi connectivity index (χ0n) is 23.5. The highest BCUT2D eigenvalue weighted by Gasteiger charge is 2.36. The molecule has 9 heteroatoms. The van der Waals surface area contributed by atoms with Gasteiger partial charge in [0.15, 0.2) is 11.5 Å². The summed E-state index contributed by atoms with van der Waals surface area (Å²) in [6.45, 7) is 7.59. The van der Waals surface area contributed by atoms with Crippen LogP contribution in [0.15, 0.2) is 10.8 Å². The van der Waals surface area contributed by atoms with Crippen molar-refractivity contribution in [1.29, 1.82) is 0 Å². The minimum atomic E-state index is -0.470. The molecule has 38 heavy (non-hydrogen) atoms. The van der Waals surface area contributed by atoms with Crippen LogP contribution in [0.3, 0.4) is 0 Å². The van der Waals surface area contributed by atoms with Crippen LogP contribution in [0, 0.1) is 5.41 Å². The van der Waals surface area contributed by atoms with Gasteiger partial charge < -0.3 is 28.4 Å². The molecule has 0 amide bonds. The van der Waals surface area contributed by atoms with E-state index in [9.17, 15) is 9.59 Å². The monoisotopic (exact) mass is 556 g/mol. The summed E-state index contributed by atoms with van der Waals surface area (Å²) in [7, 11) is 0. The summed E-state index contributed by atoms with van der Waals surface area (Å²) in [5, 5.41) is 3.86. The first kappa shape index (κ1) is 32.4. The molecule has 2 heterocycles. The number of esters is 2. The zero-order chi connectivity index (χ0) is 27.3. The summed E-state index contributed by atoms with van der Waals surface area (Å²) < 4.78 is 34.6. The summed E-state index contributed by atoms with van der Waals surface area (Å²) in [6, 6.07) is 0. The standard InChI is InChI=1S/C29H48O8S/c1-3-5-7-9-13-27(30)34-17-11-15-32-21-29(23-36-25-19-38-20-26(25)37-24-29)22-33-16-12-18-35-28(31)14-10-8-6-4-2/h19-20H,3-18,21-24H2,1-2H3. The molecule has 0 aromatic carbocycles. The molecule has 2 rings (SSSR count). The van der Waals surface area contributed by atoms with Crippen LogP contribution in [0.2, 0.25) is 0 Å². The van der Waals surface area contributed by atoms with Gasteiger partial charge in [0.2, 0.25) is 0 Å². The van der Waals surface area contributed by atoms with Crippen molar-refractivity contribution < 1.29 is 38.0 Å². The highest BCUT2D eigenvalue weighted by molar-refractivity contribution is 7.08. The number of hydrogen-bond donors (Lipinski definition) is 0. The van der Waals surface area contributed by atoms with Crippen molar-refractivity contribution in [2.24, 2.45) is 5.41 Å². The number of ether oxygens (including phenoxy) is 6. The van der Waals surface area contributed by atoms with E-state index in [4.69, 9.17) is 28.4 Å². The first-order valence-corrected chi connectivity index (χ1v) is 15.3. The lowest BCUT2D eigenvalue weighted by molar-refractivity contribution is -0.145. The molecule has 218 valence electrons. The Morgan fingerprint density at radius 3 is 1.63 bits per heavy atom. The molecule has 0 fully saturated rings. The van der Waals surface area contributed by atoms with Gasteiger partial charge in [-0.1, -0.05) is 52.4 Å². The van der Waals surface area contributed by atoms with Gasteiger partial charge in [0, 0.05) is 49.7 Å². The first-order chi connectivity index (χ1) is 18.6. The molecular formula is C29H48O8S. The van der Waals surface area contributed by atoms with Gasteiger partial charge in [-0.2, -0.15) is 0 Å². The molecule has 0 unspecified atom stereocenters. The number of rotatable bonds is 22. The molecule has 1 aliphatic rings. The number of carbonyl (C=O) groups excluding carboxylic acids is 2. The van der Waals surface area contributed by atoms with Gasteiger partial charge in [-0.15, -0.1) is 11.3 Å². The summed E-state index contributed by atoms with van der Waals surface area (Å²) in [6.07, 6.45) is 10.8. The van der Waals surface area contributed by atoms with Crippen LogP contribution in [0.25, 0.3) is 0 Å². The first-order valence-electron chi connectivity index (χ1n) is 14.4. The van der Waals surface area contributed by atoms with E-state index in [1.165, 1.54) is 0 Å². The zero-order valence-corrected chi connectivity index (χ0v) is 24.3. The Labute approximate surface area is 232 Å². The van der Waals surface area contributed by atoms with Crippen molar-refractivity contribution in [3.8, 4) is 11.5 Å². The average molecular weight is 557 g/mol. The Morgan fingerprint density at radius 2 is 1.18 bits per heavy atom. The number of fused-ring (bicyclic) bond motifs is 1. The quantitative estimate of drug-likeness (QED) is 0.121. The van der Waals surface area contributed by atoms with E-state index >= 15 is 0 Å². The van der Waals surface area contributed by atoms with Gasteiger partial charge in [-0.3, -0.25) is 9.59 Å². The fraction of sp³-hybridized carbons (Fsp3) is 0.793. The fourth-order valence-corrected chi connectivity index (χ4v) is 4.69. The summed E-state index contributed by atoms with van der Waals surface area (Å²) in [5.41, 5.74) is -0.470. The van der Waals surface area contributed by atoms with Crippen molar-refractivity contribution in [1.82, 2.24) is 0 Å². The highest BCUT2D eigenvalue weighted by atomic mass is 32.1. The molecular weight excluding hydrogens is 508 g/mol. The van der Waals surface area contributed by atoms with E-state index in [0.717, 1.165) is 62.9 Å². The molecule has 1 aliphatic heterocycles. The highest BCUT2D eigenvalue weighted by Crippen LogP contribution is 2.37. The second-order valence-corrected chi connectivity index (χ2v) is 10.8. The fourth-order valence-electron chi connectivity index (χ4n) is 4.00. The van der Waals surface area contributed by atoms with Crippen molar-refractivity contribution in [3.63, 3.8) is 0 Å². The smallest absolute Gasteiger partial charge is 0.305 e. The minimum absolute atomic E-state index is 0.135. The lowest BCUT2D eigenvalue weighted by Gasteiger charge is -2.30. The second-order valence-electron chi connectivity index (χ2n) is 10.1. The van der Waals surface area contributed by atoms with Crippen LogP contribution in [0.4, 0.5) is 0 Å². The van der Waals surface area contributed by atoms with Crippen LogP contribution < -0.4 is 9.47 Å². The van der Waals surface area contributed by atoms with Gasteiger partial charge in [0.1, 0.15) is 13.2 Å². The number of unbranched alkanes of at least 4 members (excludes halogenated alkanes) is 6. The van der Waals surface area contributed by atoms with Gasteiger partial charge in [-0.05, 0) is 12.8 Å². The van der Waals surface area contributed by atoms with E-state index in [2.05, 4.69) is 13.8 Å². The Kier molecular flexibility index (Phi) is 17.1. The average Bonchev–Trinajstić information content (AvgIpc) is 3.31. The van der Waals surface area contributed by atoms with E-state index in [0.29, 0.717) is 78.5 Å². The third kappa shape index (κ3) is 13.8. The van der Waals surface area contributed by atoms with E-state index in [1.807, 2.05) is 10.8 Å². The normalized spacial score (nSPS) is 14.2. The molecule has 0 spiro atoms. The molecule has 0 saturated carbocycles. The molecule has 0 N–H and O–H groups in total. The van der Waals surface area contributed by atoms with Gasteiger partial charge in [0.25, 0.3) is 0 Å². The molecule has 0 saturated heterocycles. The van der Waals surface area contributed by atoms with E-state index < -0.39 is 5.41 Å². The number of hydrogen-bond acceptors (Lipinski definition) is 9. The van der Waals surface area contributed by atoms with Crippen molar-refractivity contribution in [3.05, 3.63) is 10.8 Å². The Morgan fingerprint density at radius 1 is 0.711 bits per heavy atom. The Hall–Kier alpha value is -1.84. The van der Waals surface area contributed by atoms with Gasteiger partial charge >= 0.3 is 11.9 Å². The van der Waals surface area contributed by atoms with Crippen LogP contribution in [0.5, 0.6) is 11.5 Å². The van der Waals surface area contributed by atoms with Gasteiger partial charge in [-0.25, -0.2) is 0 Å². The van der Waals surface area contributed by atoms with Crippen LogP contribution >= 0.6 is 11.3 Å². The largest absolute Gasteiger partial charge is 0.488 e. The van der Waals surface area contributed by atoms with Crippen molar-refractivity contribution in [2.45, 2.75) is 90.9 Å². The molecule has 1 aromatic rings. The third-order valence-corrected chi connectivity index (χ3v) is 7.04. The second kappa shape index (κ2) is 20.1. The van der Waals surface area contributed by atoms with Crippen LogP contribution in [-0.2, 0) is 28.5 Å². The van der Waals surface area contributed by atoms with Crippen molar-refractivity contribution >= 4 is 23.3 Å². The van der Waals surface area contributed by atoms with E-state index in [1.54, 1.807) is 11.3 Å². The molecule has 0 radical (unpaired) electrons. The molecule has 0 bridgehead atoms. The lowest BCUT2D eigenvalue weighted by Crippen LogP contribution is -2.42. The number of carbonyl (C=O) groups is 2. The lowest BCUT2D eigenvalue weighted by atomic mass is 9.92. The maximum Gasteiger partial charge on any atom is 0.305 e. The number of thiophene rings is 1. The maximum atomic E-state index is 11.8. The molecule has 0 aliphatic carbocycles. The predicted molar refractivity (Wildman–Crippen MR) is 148 cm³/mol. The molecule has 1 aromatic heterocycles. The molecule has 0 atom stereocenters. The predicted octanol–water partition coefficient (Wildman–Crippen LogP) is 6.35. The SMILES string of the molecule is CCCCCCC(=O)OCCCOCC1(COCCCOC(=O)CCCCCC)COc2cscc2OC1. The Bertz CT molecular complexity index is 705. The van der Waals surface area contributed by atoms with E-state index in [-0.39, 0.29) is 11.9 Å². The minimum Gasteiger partial charge on any atom is -0.488 e. The summed E-state index contributed by atoms with van der Waals surface area (Å²) >= 11 is 1.54. The summed E-state index contributed by atoms with van der Waals surface area (Å²) in [4.78, 5) is 23.6. The molecule has 8 nitrogen and oxygen atoms in total. The van der Waals surface area contributed by atoms with Gasteiger partial charge in [0.05, 0.1) is 31.8 Å².